The molecule has 0 amide bonds. The van der Waals surface area contributed by atoms with Gasteiger partial charge in [0.05, 0.1) is 5.69 Å². The predicted molar refractivity (Wildman–Crippen MR) is 38.5 cm³/mol. The highest BCUT2D eigenvalue weighted by Crippen LogP contribution is 2.01. The van der Waals surface area contributed by atoms with Crippen molar-refractivity contribution in [3.8, 4) is 0 Å². The fourth-order valence-electron chi connectivity index (χ4n) is 0.588. The molecular formula is C4H7N3O3S. The van der Waals surface area contributed by atoms with Gasteiger partial charge < -0.3 is 4.98 Å². The molecule has 0 unspecified atom stereocenters. The largest absolute Gasteiger partial charge is 0.359 e. The van der Waals surface area contributed by atoms with Crippen molar-refractivity contribution in [1.29, 1.82) is 0 Å². The van der Waals surface area contributed by atoms with Crippen molar-refractivity contribution >= 4 is 16.3 Å². The van der Waals surface area contributed by atoms with Gasteiger partial charge in [-0.2, -0.15) is 8.42 Å². The van der Waals surface area contributed by atoms with Crippen molar-refractivity contribution in [3.05, 3.63) is 11.9 Å². The van der Waals surface area contributed by atoms with Crippen LogP contribution in [0.25, 0.3) is 0 Å². The molecule has 0 aliphatic rings. The lowest BCUT2D eigenvalue weighted by atomic mass is 10.6. The molecule has 0 aromatic carbocycles. The lowest BCUT2D eigenvalue weighted by molar-refractivity contribution is 0.489. The number of aromatic nitrogens is 2. The van der Waals surface area contributed by atoms with Crippen LogP contribution in [0.15, 0.2) is 6.20 Å². The first-order valence-electron chi connectivity index (χ1n) is 2.74. The highest BCUT2D eigenvalue weighted by Gasteiger charge is 2.05. The zero-order chi connectivity index (χ0) is 8.48. The first kappa shape index (κ1) is 8.02. The number of imidazole rings is 1. The van der Waals surface area contributed by atoms with Gasteiger partial charge >= 0.3 is 10.3 Å². The first-order valence-corrected chi connectivity index (χ1v) is 4.18. The third-order valence-corrected chi connectivity index (χ3v) is 1.38. The van der Waals surface area contributed by atoms with Gasteiger partial charge in [0, 0.05) is 6.20 Å². The van der Waals surface area contributed by atoms with E-state index in [9.17, 15) is 8.42 Å². The summed E-state index contributed by atoms with van der Waals surface area (Å²) in [5.74, 6) is 0.00463. The van der Waals surface area contributed by atoms with Gasteiger partial charge in [0.2, 0.25) is 5.95 Å². The first-order chi connectivity index (χ1) is 4.97. The second-order valence-electron chi connectivity index (χ2n) is 1.97. The molecule has 0 aliphatic heterocycles. The monoisotopic (exact) mass is 177 g/mol. The summed E-state index contributed by atoms with van der Waals surface area (Å²) in [7, 11) is -4.21. The quantitative estimate of drug-likeness (QED) is 0.551. The molecule has 11 heavy (non-hydrogen) atoms. The lowest BCUT2D eigenvalue weighted by Crippen LogP contribution is -2.11. The summed E-state index contributed by atoms with van der Waals surface area (Å²) in [5.41, 5.74) is 0.635. The summed E-state index contributed by atoms with van der Waals surface area (Å²) in [6, 6.07) is 0. The number of hydrogen-bond acceptors (Lipinski definition) is 3. The van der Waals surface area contributed by atoms with Crippen LogP contribution in [0.4, 0.5) is 5.95 Å². The maximum absolute atomic E-state index is 10.2. The second kappa shape index (κ2) is 2.51. The zero-order valence-electron chi connectivity index (χ0n) is 5.70. The van der Waals surface area contributed by atoms with Crippen LogP contribution >= 0.6 is 0 Å². The van der Waals surface area contributed by atoms with E-state index >= 15 is 0 Å². The molecule has 0 saturated heterocycles. The molecule has 1 rings (SSSR count). The molecule has 0 radical (unpaired) electrons. The van der Waals surface area contributed by atoms with E-state index in [4.69, 9.17) is 4.55 Å². The molecule has 0 fully saturated rings. The Hall–Kier alpha value is -1.08. The molecule has 1 heterocycles. The summed E-state index contributed by atoms with van der Waals surface area (Å²) < 4.78 is 30.4. The van der Waals surface area contributed by atoms with E-state index in [1.54, 1.807) is 11.6 Å². The Labute approximate surface area is 63.5 Å². The third-order valence-electron chi connectivity index (χ3n) is 0.932. The number of aryl methyl sites for hydroxylation is 1. The Bertz CT molecular complexity index is 341. The number of nitrogens with zero attached hydrogens (tertiary/aromatic N) is 1. The smallest absolute Gasteiger partial charge is 0.330 e. The molecule has 3 N–H and O–H groups in total. The highest BCUT2D eigenvalue weighted by molar-refractivity contribution is 7.87. The van der Waals surface area contributed by atoms with E-state index in [1.165, 1.54) is 6.20 Å². The average Bonchev–Trinajstić information content (AvgIpc) is 2.10. The van der Waals surface area contributed by atoms with Gasteiger partial charge in [-0.1, -0.05) is 0 Å². The van der Waals surface area contributed by atoms with Gasteiger partial charge in [0.25, 0.3) is 0 Å². The molecule has 62 valence electrons. The average molecular weight is 177 g/mol. The summed E-state index contributed by atoms with van der Waals surface area (Å²) in [6.45, 7) is 1.69. The lowest BCUT2D eigenvalue weighted by Gasteiger charge is -1.94. The van der Waals surface area contributed by atoms with Crippen molar-refractivity contribution in [2.24, 2.45) is 0 Å². The minimum Gasteiger partial charge on any atom is -0.330 e. The Morgan fingerprint density at radius 2 is 2.36 bits per heavy atom. The second-order valence-corrected chi connectivity index (χ2v) is 3.12. The molecule has 0 aliphatic carbocycles. The molecule has 6 nitrogen and oxygen atoms in total. The van der Waals surface area contributed by atoms with Gasteiger partial charge in [0.15, 0.2) is 0 Å². The van der Waals surface area contributed by atoms with Gasteiger partial charge in [-0.25, -0.2) is 9.71 Å². The van der Waals surface area contributed by atoms with Crippen LogP contribution in [-0.2, 0) is 10.3 Å². The van der Waals surface area contributed by atoms with Crippen LogP contribution in [0, 0.1) is 6.92 Å². The molecule has 1 aromatic rings. The van der Waals surface area contributed by atoms with Crippen molar-refractivity contribution in [2.45, 2.75) is 6.92 Å². The van der Waals surface area contributed by atoms with E-state index < -0.39 is 10.3 Å². The van der Waals surface area contributed by atoms with Crippen molar-refractivity contribution in [3.63, 3.8) is 0 Å². The van der Waals surface area contributed by atoms with Gasteiger partial charge in [-0.3, -0.25) is 4.55 Å². The Kier molecular flexibility index (Phi) is 1.83. The number of hydrogen-bond donors (Lipinski definition) is 3. The van der Waals surface area contributed by atoms with Crippen molar-refractivity contribution in [2.75, 3.05) is 4.72 Å². The minimum absolute atomic E-state index is 0.00463. The standard InChI is InChI=1S/C4H7N3O3S/c1-3-2-5-4(6-3)7-11(8,9)10/h2H,1H3,(H2,5,6,7)(H,8,9,10). The van der Waals surface area contributed by atoms with Crippen LogP contribution < -0.4 is 4.72 Å². The zero-order valence-corrected chi connectivity index (χ0v) is 6.51. The third kappa shape index (κ3) is 2.56. The van der Waals surface area contributed by atoms with Crippen LogP contribution in [0.2, 0.25) is 0 Å². The molecular weight excluding hydrogens is 170 g/mol. The number of nitrogens with one attached hydrogen (secondary N) is 2. The Balaban J connectivity index is 2.81. The van der Waals surface area contributed by atoms with Gasteiger partial charge in [-0.15, -0.1) is 0 Å². The normalized spacial score (nSPS) is 11.5. The fraction of sp³-hybridized carbons (Fsp3) is 0.250. The van der Waals surface area contributed by atoms with Crippen LogP contribution in [0.1, 0.15) is 5.69 Å². The van der Waals surface area contributed by atoms with Crippen LogP contribution in [-0.4, -0.2) is 22.9 Å². The van der Waals surface area contributed by atoms with E-state index in [-0.39, 0.29) is 5.95 Å². The maximum atomic E-state index is 10.2. The topological polar surface area (TPSA) is 95.1 Å². The maximum Gasteiger partial charge on any atom is 0.359 e. The number of rotatable bonds is 2. The minimum atomic E-state index is -4.21. The van der Waals surface area contributed by atoms with Gasteiger partial charge in [-0.05, 0) is 6.92 Å². The Morgan fingerprint density at radius 3 is 2.73 bits per heavy atom. The fourth-order valence-corrected chi connectivity index (χ4v) is 0.937. The van der Waals surface area contributed by atoms with Gasteiger partial charge in [0.1, 0.15) is 0 Å². The molecule has 0 bridgehead atoms. The van der Waals surface area contributed by atoms with Crippen molar-refractivity contribution < 1.29 is 13.0 Å². The van der Waals surface area contributed by atoms with Crippen LogP contribution in [0.5, 0.6) is 0 Å². The number of H-pyrrole nitrogens is 1. The summed E-state index contributed by atoms with van der Waals surface area (Å²) in [6.07, 6.45) is 1.51. The molecule has 0 spiro atoms. The van der Waals surface area contributed by atoms with E-state index in [1.807, 2.05) is 0 Å². The van der Waals surface area contributed by atoms with E-state index in [2.05, 4.69) is 9.97 Å². The van der Waals surface area contributed by atoms with Crippen LogP contribution in [0.3, 0.4) is 0 Å². The predicted octanol–water partition coefficient (Wildman–Crippen LogP) is -0.0672. The molecule has 1 aromatic heterocycles. The Morgan fingerprint density at radius 1 is 1.73 bits per heavy atom. The van der Waals surface area contributed by atoms with E-state index in [0.717, 1.165) is 0 Å². The van der Waals surface area contributed by atoms with E-state index in [0.29, 0.717) is 5.69 Å². The SMILES string of the molecule is Cc1c[nH]c(NS(=O)(=O)O)n1. The summed E-state index contributed by atoms with van der Waals surface area (Å²) in [4.78, 5) is 6.19. The summed E-state index contributed by atoms with van der Waals surface area (Å²) >= 11 is 0. The van der Waals surface area contributed by atoms with Crippen molar-refractivity contribution in [1.82, 2.24) is 9.97 Å². The summed E-state index contributed by atoms with van der Waals surface area (Å²) in [5, 5.41) is 0. The number of anilines is 1. The molecule has 0 atom stereocenters. The highest BCUT2D eigenvalue weighted by atomic mass is 32.2. The molecule has 7 heteroatoms. The molecule has 0 saturated carbocycles. The number of aromatic amines is 1.